The molecule has 0 radical (unpaired) electrons. The van der Waals surface area contributed by atoms with Crippen molar-refractivity contribution in [2.75, 3.05) is 0 Å². The minimum Gasteiger partial charge on any atom is -0.504 e. The summed E-state index contributed by atoms with van der Waals surface area (Å²) in [4.78, 5) is 0. The molecule has 4 N–H and O–H groups in total. The van der Waals surface area contributed by atoms with E-state index in [1.54, 1.807) is 0 Å². The van der Waals surface area contributed by atoms with Crippen LogP contribution in [0.1, 0.15) is 12.5 Å². The van der Waals surface area contributed by atoms with Crippen LogP contribution in [0.5, 0.6) is 17.2 Å². The molecule has 0 saturated carbocycles. The molecule has 0 amide bonds. The van der Waals surface area contributed by atoms with Crippen molar-refractivity contribution in [1.82, 2.24) is 0 Å². The van der Waals surface area contributed by atoms with E-state index in [9.17, 15) is 0 Å². The molecule has 0 spiro atoms. The van der Waals surface area contributed by atoms with Gasteiger partial charge in [0.2, 0.25) is 0 Å². The fourth-order valence-electron chi connectivity index (χ4n) is 0.871. The Hall–Kier alpha value is -1.91. The van der Waals surface area contributed by atoms with Crippen molar-refractivity contribution in [3.63, 3.8) is 0 Å². The van der Waals surface area contributed by atoms with Crippen LogP contribution in [0.2, 0.25) is 0 Å². The number of aromatic hydroxyl groups is 3. The molecule has 1 rings (SSSR count). The smallest absolute Gasteiger partial charge is 0.200 e. The Morgan fingerprint density at radius 2 is 1.62 bits per heavy atom. The van der Waals surface area contributed by atoms with E-state index in [-0.39, 0.29) is 5.71 Å². The van der Waals surface area contributed by atoms with Gasteiger partial charge in [0.15, 0.2) is 17.2 Å². The lowest BCUT2D eigenvalue weighted by atomic mass is 10.1. The van der Waals surface area contributed by atoms with E-state index in [1.165, 1.54) is 19.1 Å². The molecule has 0 saturated heterocycles. The number of rotatable bonds is 1. The van der Waals surface area contributed by atoms with Gasteiger partial charge in [-0.25, -0.2) is 0 Å². The largest absolute Gasteiger partial charge is 0.504 e. The second-order valence-electron chi connectivity index (χ2n) is 2.55. The van der Waals surface area contributed by atoms with Crippen molar-refractivity contribution in [3.8, 4) is 17.2 Å². The Bertz CT molecular complexity index is 336. The summed E-state index contributed by atoms with van der Waals surface area (Å²) in [6.07, 6.45) is 0. The van der Waals surface area contributed by atoms with E-state index in [0.717, 1.165) is 0 Å². The van der Waals surface area contributed by atoms with Crippen LogP contribution in [-0.4, -0.2) is 26.2 Å². The first-order valence-electron chi connectivity index (χ1n) is 3.50. The molecule has 1 aromatic carbocycles. The Labute approximate surface area is 74.2 Å². The molecule has 0 fully saturated rings. The van der Waals surface area contributed by atoms with Crippen molar-refractivity contribution in [2.45, 2.75) is 6.92 Å². The molecule has 70 valence electrons. The number of phenols is 3. The third kappa shape index (κ3) is 1.64. The fourth-order valence-corrected chi connectivity index (χ4v) is 0.871. The summed E-state index contributed by atoms with van der Waals surface area (Å²) in [7, 11) is 0. The summed E-state index contributed by atoms with van der Waals surface area (Å²) in [6, 6.07) is 2.37. The van der Waals surface area contributed by atoms with Crippen molar-refractivity contribution in [2.24, 2.45) is 5.16 Å². The zero-order chi connectivity index (χ0) is 10.0. The van der Waals surface area contributed by atoms with Gasteiger partial charge in [-0.05, 0) is 19.1 Å². The molecule has 5 heteroatoms. The van der Waals surface area contributed by atoms with E-state index in [2.05, 4.69) is 5.16 Å². The molecule has 0 atom stereocenters. The molecule has 0 aliphatic carbocycles. The van der Waals surface area contributed by atoms with Gasteiger partial charge in [-0.15, -0.1) is 0 Å². The zero-order valence-electron chi connectivity index (χ0n) is 6.89. The molecule has 1 aromatic rings. The van der Waals surface area contributed by atoms with Gasteiger partial charge in [0, 0.05) is 5.56 Å². The molecular formula is C8H9NO4. The molecule has 5 nitrogen and oxygen atoms in total. The highest BCUT2D eigenvalue weighted by Crippen LogP contribution is 2.35. The maximum Gasteiger partial charge on any atom is 0.200 e. The molecule has 13 heavy (non-hydrogen) atoms. The number of benzene rings is 1. The standard InChI is InChI=1S/C8H9NO4/c1-4(9-13)5-2-6(10)8(12)7(11)3-5/h2-3,10-13H,1H3/b9-4-. The van der Waals surface area contributed by atoms with Gasteiger partial charge in [0.05, 0.1) is 5.71 Å². The zero-order valence-corrected chi connectivity index (χ0v) is 6.89. The highest BCUT2D eigenvalue weighted by atomic mass is 16.4. The summed E-state index contributed by atoms with van der Waals surface area (Å²) in [6.45, 7) is 1.49. The van der Waals surface area contributed by atoms with Crippen LogP contribution in [0.25, 0.3) is 0 Å². The highest BCUT2D eigenvalue weighted by molar-refractivity contribution is 5.99. The van der Waals surface area contributed by atoms with Crippen LogP contribution in [0, 0.1) is 0 Å². The van der Waals surface area contributed by atoms with Crippen LogP contribution in [0.15, 0.2) is 17.3 Å². The van der Waals surface area contributed by atoms with E-state index in [4.69, 9.17) is 20.5 Å². The predicted octanol–water partition coefficient (Wildman–Crippen LogP) is 1.00. The van der Waals surface area contributed by atoms with Crippen molar-refractivity contribution in [3.05, 3.63) is 17.7 Å². The van der Waals surface area contributed by atoms with Crippen molar-refractivity contribution < 1.29 is 20.5 Å². The van der Waals surface area contributed by atoms with Gasteiger partial charge >= 0.3 is 0 Å². The number of oxime groups is 1. The summed E-state index contributed by atoms with van der Waals surface area (Å²) < 4.78 is 0. The number of nitrogens with zero attached hydrogens (tertiary/aromatic N) is 1. The Kier molecular flexibility index (Phi) is 2.27. The molecule has 0 aliphatic heterocycles. The van der Waals surface area contributed by atoms with Crippen LogP contribution in [-0.2, 0) is 0 Å². The first-order valence-corrected chi connectivity index (χ1v) is 3.50. The van der Waals surface area contributed by atoms with Gasteiger partial charge in [0.1, 0.15) is 0 Å². The average Bonchev–Trinajstić information content (AvgIpc) is 2.12. The van der Waals surface area contributed by atoms with Gasteiger partial charge in [-0.3, -0.25) is 0 Å². The Balaban J connectivity index is 3.29. The number of hydrogen-bond acceptors (Lipinski definition) is 5. The van der Waals surface area contributed by atoms with Crippen LogP contribution in [0.4, 0.5) is 0 Å². The lowest BCUT2D eigenvalue weighted by Gasteiger charge is -2.03. The van der Waals surface area contributed by atoms with Crippen LogP contribution in [0.3, 0.4) is 0 Å². The minimum atomic E-state index is -0.588. The van der Waals surface area contributed by atoms with E-state index < -0.39 is 17.2 Å². The Morgan fingerprint density at radius 3 is 2.00 bits per heavy atom. The molecule has 0 aliphatic rings. The number of phenolic OH excluding ortho intramolecular Hbond substituents is 3. The monoisotopic (exact) mass is 183 g/mol. The Morgan fingerprint density at radius 1 is 1.15 bits per heavy atom. The maximum absolute atomic E-state index is 9.08. The molecule has 0 bridgehead atoms. The maximum atomic E-state index is 9.08. The highest BCUT2D eigenvalue weighted by Gasteiger charge is 2.09. The van der Waals surface area contributed by atoms with Crippen molar-refractivity contribution >= 4 is 5.71 Å². The third-order valence-corrected chi connectivity index (χ3v) is 1.64. The number of hydrogen-bond donors (Lipinski definition) is 4. The quantitative estimate of drug-likeness (QED) is 0.226. The van der Waals surface area contributed by atoms with Crippen LogP contribution < -0.4 is 0 Å². The third-order valence-electron chi connectivity index (χ3n) is 1.64. The van der Waals surface area contributed by atoms with Crippen molar-refractivity contribution in [1.29, 1.82) is 0 Å². The van der Waals surface area contributed by atoms with E-state index >= 15 is 0 Å². The summed E-state index contributed by atoms with van der Waals surface area (Å²) in [5.74, 6) is -1.51. The minimum absolute atomic E-state index is 0.227. The average molecular weight is 183 g/mol. The lowest BCUT2D eigenvalue weighted by molar-refractivity contribution is 0.319. The molecule has 0 aromatic heterocycles. The van der Waals surface area contributed by atoms with Gasteiger partial charge in [-0.2, -0.15) is 0 Å². The summed E-state index contributed by atoms with van der Waals surface area (Å²) >= 11 is 0. The fraction of sp³-hybridized carbons (Fsp3) is 0.125. The predicted molar refractivity (Wildman–Crippen MR) is 45.4 cm³/mol. The molecular weight excluding hydrogens is 174 g/mol. The second kappa shape index (κ2) is 3.22. The normalized spacial score (nSPS) is 11.6. The topological polar surface area (TPSA) is 93.3 Å². The second-order valence-corrected chi connectivity index (χ2v) is 2.55. The SMILES string of the molecule is C/C(=N/O)c1cc(O)c(O)c(O)c1. The van der Waals surface area contributed by atoms with Crippen LogP contribution >= 0.6 is 0 Å². The lowest BCUT2D eigenvalue weighted by Crippen LogP contribution is -1.93. The van der Waals surface area contributed by atoms with Gasteiger partial charge in [-0.1, -0.05) is 5.16 Å². The van der Waals surface area contributed by atoms with Gasteiger partial charge in [0.25, 0.3) is 0 Å². The summed E-state index contributed by atoms with van der Waals surface area (Å²) in [5, 5.41) is 38.4. The first-order chi connectivity index (χ1) is 6.06. The summed E-state index contributed by atoms with van der Waals surface area (Å²) in [5.41, 5.74) is 0.556. The van der Waals surface area contributed by atoms with E-state index in [0.29, 0.717) is 5.56 Å². The van der Waals surface area contributed by atoms with Gasteiger partial charge < -0.3 is 20.5 Å². The molecule has 0 unspecified atom stereocenters. The molecule has 0 heterocycles. The first kappa shape index (κ1) is 9.18. The van der Waals surface area contributed by atoms with E-state index in [1.807, 2.05) is 0 Å².